The molecule has 1 aromatic rings. The maximum Gasteiger partial charge on any atom is 0.269 e. The number of nitrogens with zero attached hydrogens (tertiary/aromatic N) is 2. The van der Waals surface area contributed by atoms with Crippen molar-refractivity contribution in [2.24, 2.45) is 0 Å². The molecule has 1 N–H and O–H groups in total. The molecule has 3 rings (SSSR count). The smallest absolute Gasteiger partial charge is 0.269 e. The van der Waals surface area contributed by atoms with Crippen molar-refractivity contribution in [2.45, 2.75) is 57.5 Å². The van der Waals surface area contributed by atoms with Crippen LogP contribution in [0, 0.1) is 10.1 Å². The second-order valence-corrected chi connectivity index (χ2v) is 7.26. The SMILES string of the molecule is CCN1CCC2(CC1)C[C@H](C)c1ccc([N+](=O)[O-])cc1[C@H](C)N2. The number of nitrogens with one attached hydrogen (secondary N) is 1. The molecule has 0 amide bonds. The zero-order valence-corrected chi connectivity index (χ0v) is 14.3. The third kappa shape index (κ3) is 3.12. The third-order valence-corrected chi connectivity index (χ3v) is 5.76. The zero-order chi connectivity index (χ0) is 16.6. The molecule has 5 nitrogen and oxygen atoms in total. The van der Waals surface area contributed by atoms with Crippen LogP contribution in [0.5, 0.6) is 0 Å². The van der Waals surface area contributed by atoms with Crippen molar-refractivity contribution in [3.8, 4) is 0 Å². The fourth-order valence-corrected chi connectivity index (χ4v) is 4.44. The van der Waals surface area contributed by atoms with Crippen LogP contribution in [0.2, 0.25) is 0 Å². The molecule has 2 aliphatic rings. The van der Waals surface area contributed by atoms with E-state index in [9.17, 15) is 10.1 Å². The van der Waals surface area contributed by atoms with E-state index in [1.54, 1.807) is 12.1 Å². The van der Waals surface area contributed by atoms with Crippen LogP contribution in [0.1, 0.15) is 63.1 Å². The Labute approximate surface area is 138 Å². The minimum absolute atomic E-state index is 0.156. The van der Waals surface area contributed by atoms with Gasteiger partial charge in [-0.1, -0.05) is 19.9 Å². The normalized spacial score (nSPS) is 27.4. The van der Waals surface area contributed by atoms with Crippen molar-refractivity contribution in [1.29, 1.82) is 0 Å². The Morgan fingerprint density at radius 2 is 2.00 bits per heavy atom. The Morgan fingerprint density at radius 3 is 2.61 bits per heavy atom. The van der Waals surface area contributed by atoms with Crippen LogP contribution < -0.4 is 5.32 Å². The Bertz CT molecular complexity index is 594. The van der Waals surface area contributed by atoms with Gasteiger partial charge in [-0.15, -0.1) is 0 Å². The average molecular weight is 317 g/mol. The van der Waals surface area contributed by atoms with Crippen LogP contribution >= 0.6 is 0 Å². The molecule has 1 fully saturated rings. The maximum atomic E-state index is 11.1. The van der Waals surface area contributed by atoms with Crippen molar-refractivity contribution in [3.63, 3.8) is 0 Å². The summed E-state index contributed by atoms with van der Waals surface area (Å²) in [5, 5.41) is 14.9. The Balaban J connectivity index is 1.89. The molecule has 126 valence electrons. The lowest BCUT2D eigenvalue weighted by atomic mass is 9.79. The standard InChI is InChI=1S/C18H27N3O2/c1-4-20-9-7-18(8-10-20)12-13(2)16-6-5-15(21(22)23)11-17(16)14(3)19-18/h5-6,11,13-14,19H,4,7-10,12H2,1-3H3/t13-,14-/m0/s1. The first kappa shape index (κ1) is 16.4. The van der Waals surface area contributed by atoms with Gasteiger partial charge in [0.15, 0.2) is 0 Å². The zero-order valence-electron chi connectivity index (χ0n) is 14.3. The third-order valence-electron chi connectivity index (χ3n) is 5.76. The van der Waals surface area contributed by atoms with Crippen molar-refractivity contribution in [2.75, 3.05) is 19.6 Å². The molecular weight excluding hydrogens is 290 g/mol. The van der Waals surface area contributed by atoms with Gasteiger partial charge in [0.2, 0.25) is 0 Å². The maximum absolute atomic E-state index is 11.1. The molecule has 0 saturated carbocycles. The van der Waals surface area contributed by atoms with Gasteiger partial charge in [-0.25, -0.2) is 0 Å². The summed E-state index contributed by atoms with van der Waals surface area (Å²) in [5.74, 6) is 0.427. The summed E-state index contributed by atoms with van der Waals surface area (Å²) in [7, 11) is 0. The van der Waals surface area contributed by atoms with Crippen LogP contribution in [-0.4, -0.2) is 35.0 Å². The topological polar surface area (TPSA) is 58.4 Å². The molecule has 1 spiro atoms. The first-order valence-electron chi connectivity index (χ1n) is 8.72. The number of hydrogen-bond acceptors (Lipinski definition) is 4. The van der Waals surface area contributed by atoms with E-state index in [0.29, 0.717) is 5.92 Å². The number of hydrogen-bond donors (Lipinski definition) is 1. The predicted octanol–water partition coefficient (Wildman–Crippen LogP) is 3.61. The van der Waals surface area contributed by atoms with Crippen LogP contribution in [-0.2, 0) is 0 Å². The molecule has 0 radical (unpaired) electrons. The number of piperidine rings is 1. The molecule has 2 heterocycles. The van der Waals surface area contributed by atoms with Gasteiger partial charge < -0.3 is 10.2 Å². The molecular formula is C18H27N3O2. The molecule has 2 atom stereocenters. The highest BCUT2D eigenvalue weighted by molar-refractivity contribution is 5.44. The number of nitro benzene ring substituents is 1. The van der Waals surface area contributed by atoms with Gasteiger partial charge in [-0.2, -0.15) is 0 Å². The van der Waals surface area contributed by atoms with Gasteiger partial charge in [0.1, 0.15) is 0 Å². The number of nitro groups is 1. The molecule has 1 saturated heterocycles. The molecule has 0 bridgehead atoms. The number of non-ortho nitro benzene ring substituents is 1. The van der Waals surface area contributed by atoms with E-state index in [2.05, 4.69) is 31.0 Å². The highest BCUT2D eigenvalue weighted by Crippen LogP contribution is 2.41. The fourth-order valence-electron chi connectivity index (χ4n) is 4.44. The summed E-state index contributed by atoms with van der Waals surface area (Å²) in [4.78, 5) is 13.3. The van der Waals surface area contributed by atoms with Crippen molar-refractivity contribution in [1.82, 2.24) is 10.2 Å². The van der Waals surface area contributed by atoms with E-state index >= 15 is 0 Å². The summed E-state index contributed by atoms with van der Waals surface area (Å²) >= 11 is 0. The van der Waals surface area contributed by atoms with Gasteiger partial charge in [0, 0.05) is 23.7 Å². The number of likely N-dealkylation sites (tertiary alicyclic amines) is 1. The summed E-state index contributed by atoms with van der Waals surface area (Å²) in [6, 6.07) is 5.54. The first-order valence-corrected chi connectivity index (χ1v) is 8.72. The minimum atomic E-state index is -0.294. The van der Waals surface area contributed by atoms with Gasteiger partial charge >= 0.3 is 0 Å². The van der Waals surface area contributed by atoms with Crippen molar-refractivity contribution < 1.29 is 4.92 Å². The predicted molar refractivity (Wildman–Crippen MR) is 91.8 cm³/mol. The van der Waals surface area contributed by atoms with E-state index in [0.717, 1.165) is 44.5 Å². The monoisotopic (exact) mass is 317 g/mol. The second-order valence-electron chi connectivity index (χ2n) is 7.26. The molecule has 0 aromatic heterocycles. The largest absolute Gasteiger partial charge is 0.305 e. The van der Waals surface area contributed by atoms with E-state index in [1.165, 1.54) is 5.56 Å². The average Bonchev–Trinajstić information content (AvgIpc) is 2.63. The lowest BCUT2D eigenvalue weighted by molar-refractivity contribution is -0.385. The summed E-state index contributed by atoms with van der Waals surface area (Å²) in [6.07, 6.45) is 3.43. The fraction of sp³-hybridized carbons (Fsp3) is 0.667. The molecule has 0 aliphatic carbocycles. The summed E-state index contributed by atoms with van der Waals surface area (Å²) in [6.45, 7) is 10.0. The number of rotatable bonds is 2. The highest BCUT2D eigenvalue weighted by Gasteiger charge is 2.40. The van der Waals surface area contributed by atoms with E-state index in [-0.39, 0.29) is 22.2 Å². The van der Waals surface area contributed by atoms with Crippen LogP contribution in [0.4, 0.5) is 5.69 Å². The first-order chi connectivity index (χ1) is 10.9. The number of fused-ring (bicyclic) bond motifs is 1. The number of benzene rings is 1. The van der Waals surface area contributed by atoms with Gasteiger partial charge in [-0.05, 0) is 62.9 Å². The lowest BCUT2D eigenvalue weighted by Gasteiger charge is -2.44. The summed E-state index contributed by atoms with van der Waals surface area (Å²) < 4.78 is 0. The molecule has 23 heavy (non-hydrogen) atoms. The van der Waals surface area contributed by atoms with E-state index in [1.807, 2.05) is 6.07 Å². The molecule has 0 unspecified atom stereocenters. The molecule has 2 aliphatic heterocycles. The summed E-state index contributed by atoms with van der Waals surface area (Å²) in [5.41, 5.74) is 2.73. The van der Waals surface area contributed by atoms with Crippen LogP contribution in [0.25, 0.3) is 0 Å². The Morgan fingerprint density at radius 1 is 1.30 bits per heavy atom. The molecule has 5 heteroatoms. The Hall–Kier alpha value is -1.46. The van der Waals surface area contributed by atoms with Crippen LogP contribution in [0.15, 0.2) is 18.2 Å². The van der Waals surface area contributed by atoms with Crippen molar-refractivity contribution >= 4 is 5.69 Å². The van der Waals surface area contributed by atoms with Gasteiger partial charge in [0.25, 0.3) is 5.69 Å². The highest BCUT2D eigenvalue weighted by atomic mass is 16.6. The quantitative estimate of drug-likeness (QED) is 0.669. The van der Waals surface area contributed by atoms with Crippen molar-refractivity contribution in [3.05, 3.63) is 39.4 Å². The molecule has 1 aromatic carbocycles. The van der Waals surface area contributed by atoms with Gasteiger partial charge in [-0.3, -0.25) is 10.1 Å². The second kappa shape index (κ2) is 6.21. The van der Waals surface area contributed by atoms with E-state index in [4.69, 9.17) is 0 Å². The van der Waals surface area contributed by atoms with Gasteiger partial charge in [0.05, 0.1) is 4.92 Å². The Kier molecular flexibility index (Phi) is 4.43. The van der Waals surface area contributed by atoms with E-state index < -0.39 is 0 Å². The lowest BCUT2D eigenvalue weighted by Crippen LogP contribution is -2.53. The minimum Gasteiger partial charge on any atom is -0.305 e. The van der Waals surface area contributed by atoms with Crippen LogP contribution in [0.3, 0.4) is 0 Å².